The molecule has 2 rings (SSSR count). The van der Waals surface area contributed by atoms with E-state index in [4.69, 9.17) is 34.8 Å². The second kappa shape index (κ2) is 6.26. The molecule has 0 aliphatic heterocycles. The number of benzene rings is 1. The van der Waals surface area contributed by atoms with E-state index in [9.17, 15) is 8.42 Å². The molecule has 20 heavy (non-hydrogen) atoms. The summed E-state index contributed by atoms with van der Waals surface area (Å²) in [5.41, 5.74) is 0.901. The molecule has 2 aromatic rings. The summed E-state index contributed by atoms with van der Waals surface area (Å²) in [6.07, 6.45) is 0.346. The van der Waals surface area contributed by atoms with E-state index in [1.54, 1.807) is 0 Å². The van der Waals surface area contributed by atoms with Crippen LogP contribution in [0.3, 0.4) is 0 Å². The summed E-state index contributed by atoms with van der Waals surface area (Å²) in [7, 11) is -3.68. The number of halogens is 3. The largest absolute Gasteiger partial charge is 0.225 e. The smallest absolute Gasteiger partial charge is 0.223 e. The summed E-state index contributed by atoms with van der Waals surface area (Å²) < 4.78 is 24.5. The van der Waals surface area contributed by atoms with E-state index in [1.807, 2.05) is 30.3 Å². The van der Waals surface area contributed by atoms with Gasteiger partial charge in [-0.05, 0) is 23.6 Å². The molecule has 1 aromatic carbocycles. The lowest BCUT2D eigenvalue weighted by Crippen LogP contribution is -2.12. The lowest BCUT2D eigenvalue weighted by Gasteiger charge is -2.07. The van der Waals surface area contributed by atoms with Crippen LogP contribution in [0.1, 0.15) is 5.56 Å². The summed E-state index contributed by atoms with van der Waals surface area (Å²) in [5, 5.41) is -0.715. The molecule has 0 spiro atoms. The maximum atomic E-state index is 12.3. The highest BCUT2D eigenvalue weighted by atomic mass is 35.5. The van der Waals surface area contributed by atoms with Crippen LogP contribution in [-0.2, 0) is 16.3 Å². The van der Waals surface area contributed by atoms with Gasteiger partial charge in [-0.25, -0.2) is 18.4 Å². The van der Waals surface area contributed by atoms with Gasteiger partial charge in [0.2, 0.25) is 5.28 Å². The number of hydrogen-bond acceptors (Lipinski definition) is 4. The van der Waals surface area contributed by atoms with Gasteiger partial charge in [0.1, 0.15) is 4.90 Å². The molecule has 0 aliphatic rings. The first kappa shape index (κ1) is 15.5. The molecule has 1 heterocycles. The number of hydrogen-bond donors (Lipinski definition) is 0. The molecule has 0 aliphatic carbocycles. The first-order chi connectivity index (χ1) is 9.40. The Kier molecular flexibility index (Phi) is 4.86. The quantitative estimate of drug-likeness (QED) is 0.625. The van der Waals surface area contributed by atoms with Crippen molar-refractivity contribution in [1.82, 2.24) is 9.97 Å². The molecule has 0 unspecified atom stereocenters. The van der Waals surface area contributed by atoms with Gasteiger partial charge < -0.3 is 0 Å². The van der Waals surface area contributed by atoms with E-state index >= 15 is 0 Å². The Labute approximate surface area is 131 Å². The third-order valence-electron chi connectivity index (χ3n) is 2.57. The van der Waals surface area contributed by atoms with Crippen molar-refractivity contribution in [3.05, 3.63) is 51.5 Å². The highest BCUT2D eigenvalue weighted by Gasteiger charge is 2.24. The molecular weight excluding hydrogens is 343 g/mol. The zero-order valence-electron chi connectivity index (χ0n) is 10.1. The molecule has 4 nitrogen and oxygen atoms in total. The number of rotatable bonds is 4. The van der Waals surface area contributed by atoms with Crippen molar-refractivity contribution >= 4 is 44.6 Å². The van der Waals surface area contributed by atoms with Crippen LogP contribution >= 0.6 is 34.8 Å². The van der Waals surface area contributed by atoms with Crippen LogP contribution in [0.15, 0.2) is 35.2 Å². The van der Waals surface area contributed by atoms with Gasteiger partial charge in [-0.1, -0.05) is 53.5 Å². The third kappa shape index (κ3) is 3.61. The van der Waals surface area contributed by atoms with Gasteiger partial charge in [0.25, 0.3) is 0 Å². The molecule has 0 fully saturated rings. The minimum atomic E-state index is -3.68. The molecule has 0 N–H and O–H groups in total. The van der Waals surface area contributed by atoms with Gasteiger partial charge in [0, 0.05) is 0 Å². The summed E-state index contributed by atoms with van der Waals surface area (Å²) in [6.45, 7) is 0. The fourth-order valence-corrected chi connectivity index (χ4v) is 4.29. The van der Waals surface area contributed by atoms with Crippen LogP contribution < -0.4 is 0 Å². The second-order valence-electron chi connectivity index (χ2n) is 3.96. The maximum absolute atomic E-state index is 12.3. The average Bonchev–Trinajstić information content (AvgIpc) is 2.36. The predicted molar refractivity (Wildman–Crippen MR) is 79.3 cm³/mol. The van der Waals surface area contributed by atoms with Crippen molar-refractivity contribution in [3.63, 3.8) is 0 Å². The molecular formula is C12H9Cl3N2O2S. The Bertz CT molecular complexity index is 698. The molecule has 0 atom stereocenters. The van der Waals surface area contributed by atoms with Gasteiger partial charge in [-0.15, -0.1) is 0 Å². The summed E-state index contributed by atoms with van der Waals surface area (Å²) >= 11 is 17.2. The second-order valence-corrected chi connectivity index (χ2v) is 7.06. The Balaban J connectivity index is 2.28. The van der Waals surface area contributed by atoms with E-state index in [1.165, 1.54) is 0 Å². The number of nitrogens with zero attached hydrogens (tertiary/aromatic N) is 2. The monoisotopic (exact) mass is 350 g/mol. The van der Waals surface area contributed by atoms with Crippen molar-refractivity contribution in [2.75, 3.05) is 5.75 Å². The van der Waals surface area contributed by atoms with Crippen molar-refractivity contribution in [3.8, 4) is 0 Å². The summed E-state index contributed by atoms with van der Waals surface area (Å²) in [5.74, 6) is -0.137. The maximum Gasteiger partial charge on any atom is 0.225 e. The van der Waals surface area contributed by atoms with Crippen LogP contribution in [0.4, 0.5) is 0 Å². The van der Waals surface area contributed by atoms with Gasteiger partial charge in [-0.2, -0.15) is 0 Å². The van der Waals surface area contributed by atoms with E-state index in [0.717, 1.165) is 5.56 Å². The van der Waals surface area contributed by atoms with Gasteiger partial charge >= 0.3 is 0 Å². The van der Waals surface area contributed by atoms with E-state index in [-0.39, 0.29) is 26.2 Å². The lowest BCUT2D eigenvalue weighted by molar-refractivity contribution is 0.594. The van der Waals surface area contributed by atoms with E-state index in [2.05, 4.69) is 9.97 Å². The molecule has 0 saturated carbocycles. The first-order valence-corrected chi connectivity index (χ1v) is 8.34. The topological polar surface area (TPSA) is 59.9 Å². The Hall–Kier alpha value is -0.880. The summed E-state index contributed by atoms with van der Waals surface area (Å²) in [4.78, 5) is 6.95. The predicted octanol–water partition coefficient (Wildman–Crippen LogP) is 3.45. The van der Waals surface area contributed by atoms with Crippen LogP contribution in [0.2, 0.25) is 15.6 Å². The normalized spacial score (nSPS) is 11.6. The molecule has 0 bridgehead atoms. The molecule has 8 heteroatoms. The average molecular weight is 352 g/mol. The van der Waals surface area contributed by atoms with Crippen molar-refractivity contribution < 1.29 is 8.42 Å². The van der Waals surface area contributed by atoms with Crippen LogP contribution in [0.5, 0.6) is 0 Å². The number of aryl methyl sites for hydroxylation is 1. The lowest BCUT2D eigenvalue weighted by atomic mass is 10.2. The highest BCUT2D eigenvalue weighted by molar-refractivity contribution is 7.91. The van der Waals surface area contributed by atoms with Crippen LogP contribution in [0.25, 0.3) is 0 Å². The Morgan fingerprint density at radius 3 is 2.05 bits per heavy atom. The number of aromatic nitrogens is 2. The molecule has 106 valence electrons. The molecule has 0 radical (unpaired) electrons. The molecule has 0 saturated heterocycles. The third-order valence-corrected chi connectivity index (χ3v) is 5.26. The zero-order valence-corrected chi connectivity index (χ0v) is 13.1. The van der Waals surface area contributed by atoms with Crippen molar-refractivity contribution in [2.24, 2.45) is 0 Å². The van der Waals surface area contributed by atoms with Gasteiger partial charge in [-0.3, -0.25) is 0 Å². The van der Waals surface area contributed by atoms with E-state index < -0.39 is 9.84 Å². The van der Waals surface area contributed by atoms with Gasteiger partial charge in [0.15, 0.2) is 20.1 Å². The fourth-order valence-electron chi connectivity index (χ4n) is 1.63. The zero-order chi connectivity index (χ0) is 14.8. The van der Waals surface area contributed by atoms with Crippen LogP contribution in [-0.4, -0.2) is 24.1 Å². The number of sulfone groups is 1. The minimum Gasteiger partial charge on any atom is -0.223 e. The summed E-state index contributed by atoms with van der Waals surface area (Å²) in [6, 6.07) is 9.23. The van der Waals surface area contributed by atoms with Crippen molar-refractivity contribution in [1.29, 1.82) is 0 Å². The van der Waals surface area contributed by atoms with E-state index in [0.29, 0.717) is 6.42 Å². The SMILES string of the molecule is O=S(=O)(CCc1ccccc1)c1c(Cl)nc(Cl)nc1Cl. The fraction of sp³-hybridized carbons (Fsp3) is 0.167. The first-order valence-electron chi connectivity index (χ1n) is 5.55. The highest BCUT2D eigenvalue weighted by Crippen LogP contribution is 2.28. The molecule has 1 aromatic heterocycles. The van der Waals surface area contributed by atoms with Crippen molar-refractivity contribution in [2.45, 2.75) is 11.3 Å². The minimum absolute atomic E-state index is 0.137. The Morgan fingerprint density at radius 2 is 1.50 bits per heavy atom. The molecule has 0 amide bonds. The Morgan fingerprint density at radius 1 is 0.950 bits per heavy atom. The standard InChI is InChI=1S/C12H9Cl3N2O2S/c13-10-9(11(14)17-12(15)16-10)20(18,19)7-6-8-4-2-1-3-5-8/h1-5H,6-7H2. The van der Waals surface area contributed by atoms with Gasteiger partial charge in [0.05, 0.1) is 5.75 Å². The van der Waals surface area contributed by atoms with Crippen LogP contribution in [0, 0.1) is 0 Å².